The third-order valence-electron chi connectivity index (χ3n) is 5.78. The molecule has 0 saturated heterocycles. The molecule has 1 atom stereocenters. The summed E-state index contributed by atoms with van der Waals surface area (Å²) in [4.78, 5) is 15.3. The molecule has 1 aliphatic heterocycles. The van der Waals surface area contributed by atoms with E-state index in [1.165, 1.54) is 5.69 Å². The number of hydrogen-bond donors (Lipinski definition) is 0. The summed E-state index contributed by atoms with van der Waals surface area (Å²) in [7, 11) is 0. The quantitative estimate of drug-likeness (QED) is 0.458. The monoisotopic (exact) mass is 396 g/mol. The van der Waals surface area contributed by atoms with Crippen LogP contribution < -0.4 is 0 Å². The van der Waals surface area contributed by atoms with Crippen molar-refractivity contribution in [3.63, 3.8) is 0 Å². The average Bonchev–Trinajstić information content (AvgIpc) is 3.47. The van der Waals surface area contributed by atoms with Crippen molar-refractivity contribution < 1.29 is 9.21 Å². The van der Waals surface area contributed by atoms with E-state index in [0.29, 0.717) is 19.4 Å². The average molecular weight is 396 g/mol. The highest BCUT2D eigenvalue weighted by molar-refractivity contribution is 5.77. The van der Waals surface area contributed by atoms with Gasteiger partial charge in [0, 0.05) is 43.4 Å². The molecule has 30 heavy (non-hydrogen) atoms. The largest absolute Gasteiger partial charge is 0.461 e. The second-order valence-electron chi connectivity index (χ2n) is 7.66. The number of nitrogens with zero attached hydrogens (tertiary/aromatic N) is 2. The number of carbonyl (C=O) groups excluding carboxylic acids is 1. The molecule has 150 valence electrons. The van der Waals surface area contributed by atoms with E-state index in [2.05, 4.69) is 35.0 Å². The first kappa shape index (κ1) is 18.5. The predicted molar refractivity (Wildman–Crippen MR) is 117 cm³/mol. The summed E-state index contributed by atoms with van der Waals surface area (Å²) < 4.78 is 8.24. The van der Waals surface area contributed by atoms with Gasteiger partial charge < -0.3 is 13.9 Å². The summed E-state index contributed by atoms with van der Waals surface area (Å²) in [5.74, 6) is 1.85. The van der Waals surface area contributed by atoms with Crippen LogP contribution in [0.5, 0.6) is 0 Å². The molecular formula is C26H24N2O2. The molecule has 3 heterocycles. The lowest BCUT2D eigenvalue weighted by atomic mass is 9.99. The zero-order valence-electron chi connectivity index (χ0n) is 16.8. The SMILES string of the molecule is O=C(CCc1ccc(-c2ccccc2)o1)N1CCn2cccc2[C@H]1c1ccccc1. The molecule has 2 aromatic heterocycles. The number of rotatable bonds is 5. The van der Waals surface area contributed by atoms with Gasteiger partial charge in [-0.3, -0.25) is 4.79 Å². The Morgan fingerprint density at radius 3 is 2.43 bits per heavy atom. The maximum absolute atomic E-state index is 13.2. The van der Waals surface area contributed by atoms with Gasteiger partial charge in [0.2, 0.25) is 5.91 Å². The maximum atomic E-state index is 13.2. The Morgan fingerprint density at radius 2 is 1.63 bits per heavy atom. The van der Waals surface area contributed by atoms with Gasteiger partial charge in [-0.1, -0.05) is 60.7 Å². The third kappa shape index (κ3) is 3.57. The molecule has 2 aromatic carbocycles. The topological polar surface area (TPSA) is 38.4 Å². The van der Waals surface area contributed by atoms with Crippen molar-refractivity contribution in [2.75, 3.05) is 6.54 Å². The van der Waals surface area contributed by atoms with Gasteiger partial charge >= 0.3 is 0 Å². The van der Waals surface area contributed by atoms with E-state index in [-0.39, 0.29) is 11.9 Å². The Kier molecular flexibility index (Phi) is 4.98. The van der Waals surface area contributed by atoms with Gasteiger partial charge in [-0.15, -0.1) is 0 Å². The standard InChI is InChI=1S/C26H24N2O2/c29-25(16-14-22-13-15-24(30-22)20-8-3-1-4-9-20)28-19-18-27-17-7-12-23(27)26(28)21-10-5-2-6-11-21/h1-13,15,17,26H,14,16,18-19H2/t26-/m1/s1. The van der Waals surface area contributed by atoms with Crippen LogP contribution in [0.3, 0.4) is 0 Å². The van der Waals surface area contributed by atoms with Crippen LogP contribution >= 0.6 is 0 Å². The summed E-state index contributed by atoms with van der Waals surface area (Å²) in [5, 5.41) is 0. The fraction of sp³-hybridized carbons (Fsp3) is 0.192. The zero-order chi connectivity index (χ0) is 20.3. The second kappa shape index (κ2) is 8.07. The van der Waals surface area contributed by atoms with Crippen LogP contribution in [-0.2, 0) is 17.8 Å². The summed E-state index contributed by atoms with van der Waals surface area (Å²) >= 11 is 0. The molecule has 1 aliphatic rings. The van der Waals surface area contributed by atoms with E-state index in [9.17, 15) is 4.79 Å². The Balaban J connectivity index is 1.33. The van der Waals surface area contributed by atoms with E-state index >= 15 is 0 Å². The van der Waals surface area contributed by atoms with E-state index < -0.39 is 0 Å². The smallest absolute Gasteiger partial charge is 0.223 e. The zero-order valence-corrected chi connectivity index (χ0v) is 16.8. The molecule has 0 fully saturated rings. The highest BCUT2D eigenvalue weighted by Crippen LogP contribution is 2.33. The Hall–Kier alpha value is -3.53. The van der Waals surface area contributed by atoms with Crippen LogP contribution in [0.25, 0.3) is 11.3 Å². The van der Waals surface area contributed by atoms with Crippen molar-refractivity contribution >= 4 is 5.91 Å². The van der Waals surface area contributed by atoms with Crippen molar-refractivity contribution in [1.29, 1.82) is 0 Å². The van der Waals surface area contributed by atoms with E-state index in [1.54, 1.807) is 0 Å². The highest BCUT2D eigenvalue weighted by Gasteiger charge is 2.31. The number of furan rings is 1. The molecular weight excluding hydrogens is 372 g/mol. The van der Waals surface area contributed by atoms with Crippen LogP contribution in [0.1, 0.15) is 29.5 Å². The Bertz CT molecular complexity index is 1130. The van der Waals surface area contributed by atoms with Gasteiger partial charge in [-0.2, -0.15) is 0 Å². The van der Waals surface area contributed by atoms with Gasteiger partial charge in [0.15, 0.2) is 0 Å². The summed E-state index contributed by atoms with van der Waals surface area (Å²) in [5.41, 5.74) is 3.37. The number of benzene rings is 2. The molecule has 4 aromatic rings. The molecule has 0 radical (unpaired) electrons. The number of hydrogen-bond acceptors (Lipinski definition) is 2. The summed E-state index contributed by atoms with van der Waals surface area (Å²) in [6, 6.07) is 28.4. The summed E-state index contributed by atoms with van der Waals surface area (Å²) in [6.45, 7) is 1.55. The first-order chi connectivity index (χ1) is 14.8. The third-order valence-corrected chi connectivity index (χ3v) is 5.78. The molecule has 0 bridgehead atoms. The van der Waals surface area contributed by atoms with Crippen LogP contribution in [-0.4, -0.2) is 21.9 Å². The van der Waals surface area contributed by atoms with E-state index in [0.717, 1.165) is 29.2 Å². The Morgan fingerprint density at radius 1 is 0.867 bits per heavy atom. The number of carbonyl (C=O) groups is 1. The highest BCUT2D eigenvalue weighted by atomic mass is 16.3. The molecule has 5 rings (SSSR count). The molecule has 4 heteroatoms. The van der Waals surface area contributed by atoms with Crippen molar-refractivity contribution in [1.82, 2.24) is 9.47 Å². The first-order valence-electron chi connectivity index (χ1n) is 10.4. The molecule has 0 aliphatic carbocycles. The molecule has 0 unspecified atom stereocenters. The maximum Gasteiger partial charge on any atom is 0.223 e. The molecule has 0 spiro atoms. The Labute approximate surface area is 176 Å². The van der Waals surface area contributed by atoms with E-state index in [1.807, 2.05) is 65.6 Å². The van der Waals surface area contributed by atoms with Gasteiger partial charge in [-0.05, 0) is 29.8 Å². The molecule has 4 nitrogen and oxygen atoms in total. The minimum atomic E-state index is -0.0427. The number of aryl methyl sites for hydroxylation is 1. The lowest BCUT2D eigenvalue weighted by molar-refractivity contribution is -0.133. The van der Waals surface area contributed by atoms with Gasteiger partial charge in [-0.25, -0.2) is 0 Å². The number of fused-ring (bicyclic) bond motifs is 1. The first-order valence-corrected chi connectivity index (χ1v) is 10.4. The molecule has 1 amide bonds. The van der Waals surface area contributed by atoms with Gasteiger partial charge in [0.1, 0.15) is 11.5 Å². The lowest BCUT2D eigenvalue weighted by Gasteiger charge is -2.37. The van der Waals surface area contributed by atoms with Crippen LogP contribution in [0, 0.1) is 0 Å². The molecule has 0 saturated carbocycles. The second-order valence-corrected chi connectivity index (χ2v) is 7.66. The van der Waals surface area contributed by atoms with Crippen molar-refractivity contribution in [2.24, 2.45) is 0 Å². The van der Waals surface area contributed by atoms with Gasteiger partial charge in [0.05, 0.1) is 6.04 Å². The van der Waals surface area contributed by atoms with Crippen molar-refractivity contribution in [3.8, 4) is 11.3 Å². The van der Waals surface area contributed by atoms with Crippen molar-refractivity contribution in [2.45, 2.75) is 25.4 Å². The fourth-order valence-electron chi connectivity index (χ4n) is 4.28. The number of aromatic nitrogens is 1. The van der Waals surface area contributed by atoms with Crippen molar-refractivity contribution in [3.05, 3.63) is 108 Å². The summed E-state index contributed by atoms with van der Waals surface area (Å²) in [6.07, 6.45) is 3.14. The van der Waals surface area contributed by atoms with Crippen LogP contribution in [0.2, 0.25) is 0 Å². The van der Waals surface area contributed by atoms with Gasteiger partial charge in [0.25, 0.3) is 0 Å². The normalized spacial score (nSPS) is 15.7. The van der Waals surface area contributed by atoms with Crippen LogP contribution in [0.4, 0.5) is 0 Å². The number of amides is 1. The molecule has 0 N–H and O–H groups in total. The predicted octanol–water partition coefficient (Wildman–Crippen LogP) is 5.31. The fourth-order valence-corrected chi connectivity index (χ4v) is 4.28. The van der Waals surface area contributed by atoms with E-state index in [4.69, 9.17) is 4.42 Å². The lowest BCUT2D eigenvalue weighted by Crippen LogP contribution is -2.42. The minimum absolute atomic E-state index is 0.0427. The van der Waals surface area contributed by atoms with Crippen LogP contribution in [0.15, 0.2) is 95.5 Å². The minimum Gasteiger partial charge on any atom is -0.461 e.